The third-order valence-corrected chi connectivity index (χ3v) is 3.68. The smallest absolute Gasteiger partial charge is 0.270 e. The topological polar surface area (TPSA) is 79.3 Å². The second-order valence-electron chi connectivity index (χ2n) is 6.93. The van der Waals surface area contributed by atoms with E-state index in [1.807, 2.05) is 20.8 Å². The van der Waals surface area contributed by atoms with Crippen LogP contribution < -0.4 is 5.32 Å². The molecule has 0 saturated heterocycles. The van der Waals surface area contributed by atoms with Gasteiger partial charge in [0.15, 0.2) is 0 Å². The maximum Gasteiger partial charge on any atom is 0.270 e. The molecule has 0 bridgehead atoms. The number of Topliss-reactive ketones (excluding diaryl/α,β-unsaturated/α-hetero) is 1. The van der Waals surface area contributed by atoms with Gasteiger partial charge in [0.1, 0.15) is 17.2 Å². The molecule has 1 heterocycles. The predicted octanol–water partition coefficient (Wildman–Crippen LogP) is 3.32. The quantitative estimate of drug-likeness (QED) is 0.857. The number of ketones is 1. The summed E-state index contributed by atoms with van der Waals surface area (Å²) in [5, 5.41) is 12.7. The Labute approximate surface area is 152 Å². The zero-order valence-corrected chi connectivity index (χ0v) is 15.2. The summed E-state index contributed by atoms with van der Waals surface area (Å²) < 4.78 is 0. The van der Waals surface area contributed by atoms with E-state index in [0.717, 1.165) is 5.56 Å². The van der Waals surface area contributed by atoms with E-state index in [-0.39, 0.29) is 46.5 Å². The second-order valence-corrected chi connectivity index (χ2v) is 7.34. The Morgan fingerprint density at radius 1 is 1.12 bits per heavy atom. The molecule has 132 valence electrons. The molecule has 0 aliphatic heterocycles. The van der Waals surface area contributed by atoms with Gasteiger partial charge in [0, 0.05) is 24.6 Å². The minimum Gasteiger partial charge on any atom is -0.506 e. The van der Waals surface area contributed by atoms with Gasteiger partial charge < -0.3 is 10.4 Å². The number of phenolic OH excluding ortho intramolecular Hbond substituents is 1. The van der Waals surface area contributed by atoms with Crippen LogP contribution in [0.25, 0.3) is 0 Å². The number of pyridine rings is 1. The molecule has 2 N–H and O–H groups in total. The summed E-state index contributed by atoms with van der Waals surface area (Å²) in [5.41, 5.74) is 1.33. The van der Waals surface area contributed by atoms with Crippen molar-refractivity contribution in [2.75, 3.05) is 0 Å². The Hall–Kier alpha value is -2.40. The van der Waals surface area contributed by atoms with Crippen LogP contribution in [0.4, 0.5) is 0 Å². The molecule has 0 atom stereocenters. The van der Waals surface area contributed by atoms with Gasteiger partial charge in [-0.3, -0.25) is 14.6 Å². The summed E-state index contributed by atoms with van der Waals surface area (Å²) in [5.74, 6) is -0.350. The Balaban J connectivity index is 2.04. The third-order valence-electron chi connectivity index (χ3n) is 3.36. The van der Waals surface area contributed by atoms with Crippen LogP contribution in [-0.2, 0) is 17.6 Å². The number of halogens is 1. The molecule has 2 aromatic rings. The van der Waals surface area contributed by atoms with Gasteiger partial charge in [-0.25, -0.2) is 0 Å². The lowest BCUT2D eigenvalue weighted by Gasteiger charge is -2.20. The molecule has 0 unspecified atom stereocenters. The summed E-state index contributed by atoms with van der Waals surface area (Å²) >= 11 is 5.76. The van der Waals surface area contributed by atoms with Crippen LogP contribution in [0.2, 0.25) is 5.02 Å². The Morgan fingerprint density at radius 3 is 2.36 bits per heavy atom. The molecular weight excluding hydrogens is 340 g/mol. The van der Waals surface area contributed by atoms with Gasteiger partial charge in [-0.2, -0.15) is 0 Å². The van der Waals surface area contributed by atoms with E-state index in [9.17, 15) is 14.7 Å². The second kappa shape index (κ2) is 7.66. The summed E-state index contributed by atoms with van der Waals surface area (Å²) in [7, 11) is 0. The fourth-order valence-corrected chi connectivity index (χ4v) is 2.42. The molecule has 25 heavy (non-hydrogen) atoms. The third kappa shape index (κ3) is 5.87. The van der Waals surface area contributed by atoms with Crippen LogP contribution in [0.1, 0.15) is 42.4 Å². The molecule has 0 spiro atoms. The van der Waals surface area contributed by atoms with Gasteiger partial charge in [0.2, 0.25) is 0 Å². The first-order chi connectivity index (χ1) is 11.6. The van der Waals surface area contributed by atoms with E-state index in [2.05, 4.69) is 10.3 Å². The molecule has 6 heteroatoms. The van der Waals surface area contributed by atoms with E-state index < -0.39 is 0 Å². The maximum absolute atomic E-state index is 12.3. The van der Waals surface area contributed by atoms with Crippen molar-refractivity contribution in [1.82, 2.24) is 10.3 Å². The molecular formula is C19H21ClN2O3. The summed E-state index contributed by atoms with van der Waals surface area (Å²) in [6.45, 7) is 5.67. The first-order valence-corrected chi connectivity index (χ1v) is 8.28. The zero-order valence-electron chi connectivity index (χ0n) is 14.5. The Kier molecular flexibility index (Phi) is 5.80. The molecule has 0 aliphatic carbocycles. The fraction of sp³-hybridized carbons (Fsp3) is 0.316. The van der Waals surface area contributed by atoms with Gasteiger partial charge in [0.25, 0.3) is 5.91 Å². The van der Waals surface area contributed by atoms with Crippen molar-refractivity contribution in [2.24, 2.45) is 0 Å². The number of nitrogens with one attached hydrogen (secondary N) is 1. The molecule has 0 aliphatic rings. The number of amides is 1. The van der Waals surface area contributed by atoms with Gasteiger partial charge >= 0.3 is 0 Å². The number of rotatable bonds is 5. The minimum atomic E-state index is -0.360. The highest BCUT2D eigenvalue weighted by Gasteiger charge is 2.17. The monoisotopic (exact) mass is 360 g/mol. The summed E-state index contributed by atoms with van der Waals surface area (Å²) in [6, 6.07) is 8.08. The average Bonchev–Trinajstić information content (AvgIpc) is 2.49. The van der Waals surface area contributed by atoms with Crippen LogP contribution in [0.3, 0.4) is 0 Å². The van der Waals surface area contributed by atoms with Gasteiger partial charge in [-0.1, -0.05) is 17.7 Å². The normalized spacial score (nSPS) is 11.2. The highest BCUT2D eigenvalue weighted by atomic mass is 35.5. The Morgan fingerprint density at radius 2 is 1.76 bits per heavy atom. The predicted molar refractivity (Wildman–Crippen MR) is 97.0 cm³/mol. The van der Waals surface area contributed by atoms with Crippen molar-refractivity contribution in [2.45, 2.75) is 39.2 Å². The highest BCUT2D eigenvalue weighted by Crippen LogP contribution is 2.24. The van der Waals surface area contributed by atoms with Crippen molar-refractivity contribution in [3.05, 3.63) is 58.4 Å². The standard InChI is InChI=1S/C19H21ClN2O3/c1-19(2,3)22-18(25)16-10-13(6-7-21-16)9-14(23)8-12-4-5-15(20)17(24)11-12/h4-7,10-11,24H,8-9H2,1-3H3,(H,22,25). The lowest BCUT2D eigenvalue weighted by Crippen LogP contribution is -2.40. The van der Waals surface area contributed by atoms with Crippen molar-refractivity contribution in [3.63, 3.8) is 0 Å². The number of nitrogens with zero attached hydrogens (tertiary/aromatic N) is 1. The molecule has 0 radical (unpaired) electrons. The Bertz CT molecular complexity index is 797. The van der Waals surface area contributed by atoms with E-state index in [1.54, 1.807) is 24.3 Å². The number of phenols is 1. The average molecular weight is 361 g/mol. The lowest BCUT2D eigenvalue weighted by molar-refractivity contribution is -0.117. The number of aromatic nitrogens is 1. The van der Waals surface area contributed by atoms with Crippen molar-refractivity contribution in [1.29, 1.82) is 0 Å². The molecule has 2 rings (SSSR count). The van der Waals surface area contributed by atoms with Gasteiger partial charge in [0.05, 0.1) is 5.02 Å². The van der Waals surface area contributed by atoms with Crippen LogP contribution in [0.15, 0.2) is 36.5 Å². The number of carbonyl (C=O) groups is 2. The molecule has 0 saturated carbocycles. The SMILES string of the molecule is CC(C)(C)NC(=O)c1cc(CC(=O)Cc2ccc(Cl)c(O)c2)ccn1. The molecule has 1 amide bonds. The van der Waals surface area contributed by atoms with Crippen LogP contribution in [0, 0.1) is 0 Å². The number of benzene rings is 1. The van der Waals surface area contributed by atoms with Crippen LogP contribution in [0.5, 0.6) is 5.75 Å². The zero-order chi connectivity index (χ0) is 18.6. The van der Waals surface area contributed by atoms with Crippen molar-refractivity contribution >= 4 is 23.3 Å². The van der Waals surface area contributed by atoms with Gasteiger partial charge in [-0.15, -0.1) is 0 Å². The van der Waals surface area contributed by atoms with E-state index >= 15 is 0 Å². The van der Waals surface area contributed by atoms with Gasteiger partial charge in [-0.05, 0) is 56.2 Å². The lowest BCUT2D eigenvalue weighted by atomic mass is 10.0. The largest absolute Gasteiger partial charge is 0.506 e. The van der Waals surface area contributed by atoms with Crippen molar-refractivity contribution in [3.8, 4) is 5.75 Å². The van der Waals surface area contributed by atoms with E-state index in [4.69, 9.17) is 11.6 Å². The van der Waals surface area contributed by atoms with Crippen molar-refractivity contribution < 1.29 is 14.7 Å². The minimum absolute atomic E-state index is 0.0323. The number of hydrogen-bond donors (Lipinski definition) is 2. The number of hydrogen-bond acceptors (Lipinski definition) is 4. The highest BCUT2D eigenvalue weighted by molar-refractivity contribution is 6.32. The van der Waals surface area contributed by atoms with Crippen LogP contribution >= 0.6 is 11.6 Å². The number of aromatic hydroxyl groups is 1. The molecule has 1 aromatic heterocycles. The number of carbonyl (C=O) groups excluding carboxylic acids is 2. The summed E-state index contributed by atoms with van der Waals surface area (Å²) in [4.78, 5) is 28.5. The maximum atomic E-state index is 12.3. The molecule has 1 aromatic carbocycles. The fourth-order valence-electron chi connectivity index (χ4n) is 2.30. The van der Waals surface area contributed by atoms with Crippen LogP contribution in [-0.4, -0.2) is 27.3 Å². The first kappa shape index (κ1) is 18.9. The summed E-state index contributed by atoms with van der Waals surface area (Å²) in [6.07, 6.45) is 1.88. The van der Waals surface area contributed by atoms with E-state index in [1.165, 1.54) is 12.3 Å². The molecule has 5 nitrogen and oxygen atoms in total. The molecule has 0 fully saturated rings. The van der Waals surface area contributed by atoms with E-state index in [0.29, 0.717) is 5.56 Å². The first-order valence-electron chi connectivity index (χ1n) is 7.90.